The molecule has 0 aromatic heterocycles. The van der Waals surface area contributed by atoms with E-state index in [2.05, 4.69) is 13.0 Å². The van der Waals surface area contributed by atoms with E-state index in [-0.39, 0.29) is 0 Å². The maximum Gasteiger partial charge on any atom is 0.119 e. The Kier molecular flexibility index (Phi) is 9.96. The molecule has 0 aliphatic rings. The first-order valence-electron chi connectivity index (χ1n) is 4.76. The smallest absolute Gasteiger partial charge is 0.119 e. The first kappa shape index (κ1) is 11.9. The van der Waals surface area contributed by atoms with Gasteiger partial charge in [-0.2, -0.15) is 0 Å². The molecule has 1 aromatic rings. The summed E-state index contributed by atoms with van der Waals surface area (Å²) in [5.74, 6) is 0. The Morgan fingerprint density at radius 2 is 1.85 bits per heavy atom. The van der Waals surface area contributed by atoms with E-state index in [1.54, 1.807) is 0 Å². The Bertz CT molecular complexity index is 155. The van der Waals surface area contributed by atoms with E-state index >= 15 is 0 Å². The Morgan fingerprint density at radius 1 is 1.15 bits per heavy atom. The second-order valence-electron chi connectivity index (χ2n) is 2.74. The van der Waals surface area contributed by atoms with Gasteiger partial charge in [0.15, 0.2) is 0 Å². The highest BCUT2D eigenvalue weighted by atomic mass is 16.1. The highest BCUT2D eigenvalue weighted by Gasteiger charge is 1.80. The predicted octanol–water partition coefficient (Wildman–Crippen LogP) is 3.25. The summed E-state index contributed by atoms with van der Waals surface area (Å²) in [5, 5.41) is 0. The monoisotopic (exact) mass is 177 g/mol. The van der Waals surface area contributed by atoms with E-state index in [1.165, 1.54) is 12.8 Å². The van der Waals surface area contributed by atoms with Gasteiger partial charge in [-0.1, -0.05) is 50.1 Å². The van der Waals surface area contributed by atoms with Crippen molar-refractivity contribution < 1.29 is 4.79 Å². The van der Waals surface area contributed by atoms with Gasteiger partial charge in [0.25, 0.3) is 0 Å². The summed E-state index contributed by atoms with van der Waals surface area (Å²) in [7, 11) is 0. The van der Waals surface area contributed by atoms with Gasteiger partial charge in [-0.05, 0) is 12.5 Å². The van der Waals surface area contributed by atoms with Crippen molar-refractivity contribution in [1.29, 1.82) is 0 Å². The van der Waals surface area contributed by atoms with Gasteiger partial charge in [0.1, 0.15) is 6.29 Å². The molecule has 0 saturated heterocycles. The van der Waals surface area contributed by atoms with Gasteiger partial charge < -0.3 is 4.79 Å². The number of aldehydes is 1. The van der Waals surface area contributed by atoms with Crippen molar-refractivity contribution in [3.05, 3.63) is 36.4 Å². The van der Waals surface area contributed by atoms with Gasteiger partial charge in [-0.25, -0.2) is 0 Å². The van der Waals surface area contributed by atoms with Crippen LogP contribution in [0.3, 0.4) is 0 Å². The zero-order valence-electron chi connectivity index (χ0n) is 8.20. The normalized spacial score (nSPS) is 8.38. The van der Waals surface area contributed by atoms with E-state index < -0.39 is 0 Å². The summed E-state index contributed by atoms with van der Waals surface area (Å²) in [5.41, 5.74) is 0. The standard InChI is InChI=1S/C6H12O.C6H5/c1-2-3-4-5-6-7;1-2-4-6-5-3-1/h6H,2-5H2,1H3;1-5H. The summed E-state index contributed by atoms with van der Waals surface area (Å²) in [4.78, 5) is 9.68. The molecular formula is C12H17O. The summed E-state index contributed by atoms with van der Waals surface area (Å²) >= 11 is 0. The zero-order valence-corrected chi connectivity index (χ0v) is 8.20. The minimum Gasteiger partial charge on any atom is -0.303 e. The number of carbonyl (C=O) groups excluding carboxylic acids is 1. The fourth-order valence-corrected chi connectivity index (χ4v) is 0.820. The fraction of sp³-hybridized carbons (Fsp3) is 0.417. The average Bonchev–Trinajstić information content (AvgIpc) is 2.22. The molecule has 0 aliphatic heterocycles. The SMILES string of the molecule is CCCCCC=O.[c]1ccccc1. The van der Waals surface area contributed by atoms with Crippen LogP contribution in [0.2, 0.25) is 0 Å². The number of rotatable bonds is 4. The molecule has 13 heavy (non-hydrogen) atoms. The Morgan fingerprint density at radius 3 is 2.15 bits per heavy atom. The molecule has 0 atom stereocenters. The van der Waals surface area contributed by atoms with Crippen LogP contribution in [0.1, 0.15) is 32.6 Å². The molecule has 0 amide bonds. The van der Waals surface area contributed by atoms with E-state index in [9.17, 15) is 4.79 Å². The maximum absolute atomic E-state index is 9.68. The number of benzene rings is 1. The van der Waals surface area contributed by atoms with Crippen molar-refractivity contribution in [3.63, 3.8) is 0 Å². The van der Waals surface area contributed by atoms with Crippen LogP contribution in [0.4, 0.5) is 0 Å². The molecule has 0 heterocycles. The quantitative estimate of drug-likeness (QED) is 0.509. The third-order valence-corrected chi connectivity index (χ3v) is 1.53. The molecule has 0 aliphatic carbocycles. The van der Waals surface area contributed by atoms with Gasteiger partial charge in [0, 0.05) is 6.42 Å². The highest BCUT2D eigenvalue weighted by Crippen LogP contribution is 1.94. The van der Waals surface area contributed by atoms with Crippen molar-refractivity contribution in [3.8, 4) is 0 Å². The van der Waals surface area contributed by atoms with Crippen LogP contribution < -0.4 is 0 Å². The summed E-state index contributed by atoms with van der Waals surface area (Å²) in [6.45, 7) is 2.13. The topological polar surface area (TPSA) is 17.1 Å². The van der Waals surface area contributed by atoms with Crippen LogP contribution in [0.5, 0.6) is 0 Å². The van der Waals surface area contributed by atoms with Gasteiger partial charge in [0.05, 0.1) is 0 Å². The molecule has 1 aromatic carbocycles. The van der Waals surface area contributed by atoms with Crippen LogP contribution in [0.25, 0.3) is 0 Å². The zero-order chi connectivity index (χ0) is 9.78. The summed E-state index contributed by atoms with van der Waals surface area (Å²) < 4.78 is 0. The minimum atomic E-state index is 0.744. The maximum atomic E-state index is 9.68. The molecule has 0 bridgehead atoms. The lowest BCUT2D eigenvalue weighted by molar-refractivity contribution is -0.107. The lowest BCUT2D eigenvalue weighted by Gasteiger charge is -1.85. The first-order chi connectivity index (χ1) is 6.41. The molecule has 1 rings (SSSR count). The largest absolute Gasteiger partial charge is 0.303 e. The van der Waals surface area contributed by atoms with Crippen LogP contribution in [0.15, 0.2) is 30.3 Å². The Balaban J connectivity index is 0.000000223. The lowest BCUT2D eigenvalue weighted by Crippen LogP contribution is -1.73. The fourth-order valence-electron chi connectivity index (χ4n) is 0.820. The number of unbranched alkanes of at least 4 members (excludes halogenated alkanes) is 3. The summed E-state index contributed by atoms with van der Waals surface area (Å²) in [6.07, 6.45) is 5.19. The van der Waals surface area contributed by atoms with Gasteiger partial charge >= 0.3 is 0 Å². The average molecular weight is 177 g/mol. The van der Waals surface area contributed by atoms with Crippen LogP contribution in [0, 0.1) is 6.07 Å². The molecule has 0 N–H and O–H groups in total. The van der Waals surface area contributed by atoms with Crippen molar-refractivity contribution in [2.75, 3.05) is 0 Å². The Hall–Kier alpha value is -1.11. The molecule has 0 fully saturated rings. The summed E-state index contributed by atoms with van der Waals surface area (Å²) in [6, 6.07) is 12.5. The van der Waals surface area contributed by atoms with Crippen LogP contribution in [-0.4, -0.2) is 6.29 Å². The Labute approximate surface area is 80.8 Å². The molecule has 0 unspecified atom stereocenters. The molecule has 0 spiro atoms. The van der Waals surface area contributed by atoms with Crippen molar-refractivity contribution in [2.45, 2.75) is 32.6 Å². The van der Waals surface area contributed by atoms with Crippen LogP contribution >= 0.6 is 0 Å². The van der Waals surface area contributed by atoms with E-state index in [4.69, 9.17) is 0 Å². The third-order valence-electron chi connectivity index (χ3n) is 1.53. The van der Waals surface area contributed by atoms with E-state index in [0.29, 0.717) is 0 Å². The van der Waals surface area contributed by atoms with E-state index in [0.717, 1.165) is 19.1 Å². The molecule has 1 heteroatoms. The second-order valence-corrected chi connectivity index (χ2v) is 2.74. The van der Waals surface area contributed by atoms with Crippen molar-refractivity contribution >= 4 is 6.29 Å². The number of hydrogen-bond donors (Lipinski definition) is 0. The second kappa shape index (κ2) is 10.9. The van der Waals surface area contributed by atoms with E-state index in [1.807, 2.05) is 30.3 Å². The molecule has 1 nitrogen and oxygen atoms in total. The number of carbonyl (C=O) groups is 1. The van der Waals surface area contributed by atoms with Gasteiger partial charge in [-0.3, -0.25) is 0 Å². The van der Waals surface area contributed by atoms with Crippen LogP contribution in [-0.2, 0) is 4.79 Å². The van der Waals surface area contributed by atoms with Crippen molar-refractivity contribution in [1.82, 2.24) is 0 Å². The highest BCUT2D eigenvalue weighted by molar-refractivity contribution is 5.48. The molecule has 1 radical (unpaired) electrons. The molecule has 0 saturated carbocycles. The predicted molar refractivity (Wildman–Crippen MR) is 55.5 cm³/mol. The van der Waals surface area contributed by atoms with Gasteiger partial charge in [-0.15, -0.1) is 0 Å². The number of hydrogen-bond acceptors (Lipinski definition) is 1. The molecule has 71 valence electrons. The minimum absolute atomic E-state index is 0.744. The van der Waals surface area contributed by atoms with Crippen molar-refractivity contribution in [2.24, 2.45) is 0 Å². The van der Waals surface area contributed by atoms with Gasteiger partial charge in [0.2, 0.25) is 0 Å². The molecular weight excluding hydrogens is 160 g/mol. The third kappa shape index (κ3) is 10.9. The first-order valence-corrected chi connectivity index (χ1v) is 4.76. The lowest BCUT2D eigenvalue weighted by atomic mass is 10.2.